The zero-order valence-corrected chi connectivity index (χ0v) is 9.22. The summed E-state index contributed by atoms with van der Waals surface area (Å²) in [6.07, 6.45) is 5.24. The predicted molar refractivity (Wildman–Crippen MR) is 63.0 cm³/mol. The second-order valence-electron chi connectivity index (χ2n) is 3.82. The smallest absolute Gasteiger partial charge is 0.00707 e. The first kappa shape index (κ1) is 11.5. The van der Waals surface area contributed by atoms with Gasteiger partial charge in [0.25, 0.3) is 0 Å². The Morgan fingerprint density at radius 3 is 2.64 bits per heavy atom. The second-order valence-corrected chi connectivity index (χ2v) is 3.82. The van der Waals surface area contributed by atoms with Gasteiger partial charge < -0.3 is 5.32 Å². The highest BCUT2D eigenvalue weighted by molar-refractivity contribution is 5.85. The molecule has 0 amide bonds. The molecule has 1 N–H and O–H groups in total. The van der Waals surface area contributed by atoms with Crippen LogP contribution in [0.3, 0.4) is 0 Å². The van der Waals surface area contributed by atoms with Crippen molar-refractivity contribution >= 4 is 12.4 Å². The number of hydrogen-bond donors (Lipinski definition) is 1. The zero-order valence-electron chi connectivity index (χ0n) is 8.41. The van der Waals surface area contributed by atoms with Crippen LogP contribution in [0.5, 0.6) is 0 Å². The van der Waals surface area contributed by atoms with Crippen molar-refractivity contribution in [2.24, 2.45) is 0 Å². The third kappa shape index (κ3) is 3.32. The SMILES string of the molecule is Cl.c1ccc(CCC2CCCN2)cc1. The van der Waals surface area contributed by atoms with E-state index in [0.717, 1.165) is 6.04 Å². The van der Waals surface area contributed by atoms with Gasteiger partial charge in [0, 0.05) is 6.04 Å². The van der Waals surface area contributed by atoms with Gasteiger partial charge in [0.2, 0.25) is 0 Å². The number of benzene rings is 1. The van der Waals surface area contributed by atoms with E-state index in [4.69, 9.17) is 0 Å². The number of aryl methyl sites for hydroxylation is 1. The molecular formula is C12H18ClN. The van der Waals surface area contributed by atoms with Crippen LogP contribution in [-0.2, 0) is 6.42 Å². The molecule has 1 aliphatic rings. The highest BCUT2D eigenvalue weighted by atomic mass is 35.5. The van der Waals surface area contributed by atoms with Gasteiger partial charge >= 0.3 is 0 Å². The maximum Gasteiger partial charge on any atom is 0.00707 e. The molecule has 1 aliphatic heterocycles. The van der Waals surface area contributed by atoms with Crippen LogP contribution < -0.4 is 5.32 Å². The molecule has 1 atom stereocenters. The van der Waals surface area contributed by atoms with E-state index in [2.05, 4.69) is 35.6 Å². The van der Waals surface area contributed by atoms with Gasteiger partial charge in [-0.15, -0.1) is 12.4 Å². The van der Waals surface area contributed by atoms with Gasteiger partial charge in [0.05, 0.1) is 0 Å². The average molecular weight is 212 g/mol. The van der Waals surface area contributed by atoms with Crippen molar-refractivity contribution in [1.82, 2.24) is 5.32 Å². The van der Waals surface area contributed by atoms with Crippen LogP contribution in [0.25, 0.3) is 0 Å². The first-order chi connectivity index (χ1) is 6.45. The summed E-state index contributed by atoms with van der Waals surface area (Å²) in [5.41, 5.74) is 1.47. The fourth-order valence-corrected chi connectivity index (χ4v) is 1.99. The Labute approximate surface area is 92.3 Å². The highest BCUT2D eigenvalue weighted by Gasteiger charge is 2.12. The van der Waals surface area contributed by atoms with E-state index in [1.165, 1.54) is 37.8 Å². The lowest BCUT2D eigenvalue weighted by Gasteiger charge is -2.09. The molecule has 2 heteroatoms. The minimum Gasteiger partial charge on any atom is -0.314 e. The normalized spacial score (nSPS) is 20.4. The van der Waals surface area contributed by atoms with Crippen LogP contribution in [0.2, 0.25) is 0 Å². The largest absolute Gasteiger partial charge is 0.314 e. The Morgan fingerprint density at radius 2 is 2.00 bits per heavy atom. The molecule has 1 saturated heterocycles. The van der Waals surface area contributed by atoms with Gasteiger partial charge in [-0.1, -0.05) is 30.3 Å². The molecular weight excluding hydrogens is 194 g/mol. The fraction of sp³-hybridized carbons (Fsp3) is 0.500. The molecule has 1 aromatic rings. The lowest BCUT2D eigenvalue weighted by atomic mass is 10.0. The third-order valence-corrected chi connectivity index (χ3v) is 2.79. The summed E-state index contributed by atoms with van der Waals surface area (Å²) in [7, 11) is 0. The first-order valence-corrected chi connectivity index (χ1v) is 5.22. The van der Waals surface area contributed by atoms with E-state index in [-0.39, 0.29) is 12.4 Å². The molecule has 1 unspecified atom stereocenters. The standard InChI is InChI=1S/C12H17N.ClH/c1-2-5-11(6-3-1)8-9-12-7-4-10-13-12;/h1-3,5-6,12-13H,4,7-10H2;1H. The minimum absolute atomic E-state index is 0. The summed E-state index contributed by atoms with van der Waals surface area (Å²) in [4.78, 5) is 0. The van der Waals surface area contributed by atoms with Crippen molar-refractivity contribution < 1.29 is 0 Å². The van der Waals surface area contributed by atoms with E-state index in [1.807, 2.05) is 0 Å². The van der Waals surface area contributed by atoms with Gasteiger partial charge in [-0.2, -0.15) is 0 Å². The number of rotatable bonds is 3. The first-order valence-electron chi connectivity index (χ1n) is 5.22. The molecule has 1 nitrogen and oxygen atoms in total. The Kier molecular flexibility index (Phi) is 4.99. The minimum atomic E-state index is 0. The molecule has 1 aromatic carbocycles. The Bertz CT molecular complexity index is 242. The number of hydrogen-bond acceptors (Lipinski definition) is 1. The van der Waals surface area contributed by atoms with Gasteiger partial charge in [-0.3, -0.25) is 0 Å². The van der Waals surface area contributed by atoms with Crippen molar-refractivity contribution in [3.63, 3.8) is 0 Å². The maximum atomic E-state index is 3.53. The maximum absolute atomic E-state index is 3.53. The zero-order chi connectivity index (χ0) is 8.93. The van der Waals surface area contributed by atoms with Gasteiger partial charge in [-0.25, -0.2) is 0 Å². The van der Waals surface area contributed by atoms with Crippen molar-refractivity contribution in [3.05, 3.63) is 35.9 Å². The van der Waals surface area contributed by atoms with Gasteiger partial charge in [-0.05, 0) is 37.8 Å². The Hall–Kier alpha value is -0.530. The van der Waals surface area contributed by atoms with Crippen molar-refractivity contribution in [2.45, 2.75) is 31.7 Å². The molecule has 0 aromatic heterocycles. The molecule has 14 heavy (non-hydrogen) atoms. The van der Waals surface area contributed by atoms with E-state index < -0.39 is 0 Å². The number of nitrogens with one attached hydrogen (secondary N) is 1. The second kappa shape index (κ2) is 6.05. The van der Waals surface area contributed by atoms with Crippen molar-refractivity contribution in [1.29, 1.82) is 0 Å². The summed E-state index contributed by atoms with van der Waals surface area (Å²) in [5, 5.41) is 3.53. The fourth-order valence-electron chi connectivity index (χ4n) is 1.99. The monoisotopic (exact) mass is 211 g/mol. The van der Waals surface area contributed by atoms with Crippen molar-refractivity contribution in [3.8, 4) is 0 Å². The summed E-state index contributed by atoms with van der Waals surface area (Å²) >= 11 is 0. The third-order valence-electron chi connectivity index (χ3n) is 2.79. The summed E-state index contributed by atoms with van der Waals surface area (Å²) in [5.74, 6) is 0. The Morgan fingerprint density at radius 1 is 1.21 bits per heavy atom. The molecule has 78 valence electrons. The molecule has 0 spiro atoms. The van der Waals surface area contributed by atoms with Gasteiger partial charge in [0.1, 0.15) is 0 Å². The van der Waals surface area contributed by atoms with Crippen LogP contribution in [0, 0.1) is 0 Å². The quantitative estimate of drug-likeness (QED) is 0.811. The summed E-state index contributed by atoms with van der Waals surface area (Å²) in [6.45, 7) is 1.22. The molecule has 1 heterocycles. The molecule has 0 saturated carbocycles. The van der Waals surface area contributed by atoms with Gasteiger partial charge in [0.15, 0.2) is 0 Å². The van der Waals surface area contributed by atoms with E-state index in [0.29, 0.717) is 0 Å². The molecule has 0 bridgehead atoms. The summed E-state index contributed by atoms with van der Waals surface area (Å²) < 4.78 is 0. The van der Waals surface area contributed by atoms with Crippen LogP contribution in [0.4, 0.5) is 0 Å². The predicted octanol–water partition coefficient (Wildman–Crippen LogP) is 2.79. The molecule has 2 rings (SSSR count). The van der Waals surface area contributed by atoms with E-state index >= 15 is 0 Å². The van der Waals surface area contributed by atoms with Crippen LogP contribution in [0.15, 0.2) is 30.3 Å². The highest BCUT2D eigenvalue weighted by Crippen LogP contribution is 2.12. The lowest BCUT2D eigenvalue weighted by molar-refractivity contribution is 0.559. The molecule has 1 fully saturated rings. The number of halogens is 1. The topological polar surface area (TPSA) is 12.0 Å². The Balaban J connectivity index is 0.000000980. The van der Waals surface area contributed by atoms with Crippen LogP contribution in [0.1, 0.15) is 24.8 Å². The van der Waals surface area contributed by atoms with Crippen LogP contribution in [-0.4, -0.2) is 12.6 Å². The van der Waals surface area contributed by atoms with E-state index in [9.17, 15) is 0 Å². The molecule has 0 radical (unpaired) electrons. The van der Waals surface area contributed by atoms with Crippen LogP contribution >= 0.6 is 12.4 Å². The summed E-state index contributed by atoms with van der Waals surface area (Å²) in [6, 6.07) is 11.5. The average Bonchev–Trinajstić information content (AvgIpc) is 2.69. The molecule has 0 aliphatic carbocycles. The lowest BCUT2D eigenvalue weighted by Crippen LogP contribution is -2.21. The van der Waals surface area contributed by atoms with Crippen molar-refractivity contribution in [2.75, 3.05) is 6.54 Å². The van der Waals surface area contributed by atoms with E-state index in [1.54, 1.807) is 0 Å².